The Morgan fingerprint density at radius 3 is 2.47 bits per heavy atom. The third-order valence-electron chi connectivity index (χ3n) is 2.58. The molecule has 0 radical (unpaired) electrons. The number of terminal acetylenes is 1. The third kappa shape index (κ3) is 2.35. The lowest BCUT2D eigenvalue weighted by Gasteiger charge is -2.13. The maximum Gasteiger partial charge on any atom is 0.124 e. The standard InChI is InChI=1S/C15H11FO/c1-2-11-10-13(16)8-9-14(11)15(17)12-6-4-3-5-7-12/h1,3-10,15,17H. The zero-order valence-electron chi connectivity index (χ0n) is 9.10. The van der Waals surface area contributed by atoms with Gasteiger partial charge in [-0.2, -0.15) is 0 Å². The van der Waals surface area contributed by atoms with Crippen molar-refractivity contribution >= 4 is 0 Å². The molecule has 0 heterocycles. The predicted octanol–water partition coefficient (Wildman–Crippen LogP) is 2.89. The van der Waals surface area contributed by atoms with E-state index in [2.05, 4.69) is 5.92 Å². The summed E-state index contributed by atoms with van der Waals surface area (Å²) in [6.07, 6.45) is 4.48. The summed E-state index contributed by atoms with van der Waals surface area (Å²) in [6.45, 7) is 0. The number of aliphatic hydroxyl groups excluding tert-OH is 1. The van der Waals surface area contributed by atoms with Gasteiger partial charge in [0.15, 0.2) is 0 Å². The molecule has 2 heteroatoms. The van der Waals surface area contributed by atoms with Gasteiger partial charge in [0, 0.05) is 11.1 Å². The van der Waals surface area contributed by atoms with Crippen molar-refractivity contribution in [2.24, 2.45) is 0 Å². The van der Waals surface area contributed by atoms with Crippen molar-refractivity contribution in [1.29, 1.82) is 0 Å². The second kappa shape index (κ2) is 4.82. The first-order chi connectivity index (χ1) is 8.22. The van der Waals surface area contributed by atoms with Gasteiger partial charge in [-0.15, -0.1) is 6.42 Å². The van der Waals surface area contributed by atoms with Crippen molar-refractivity contribution in [3.8, 4) is 12.3 Å². The van der Waals surface area contributed by atoms with E-state index in [0.29, 0.717) is 11.1 Å². The average Bonchev–Trinajstić information content (AvgIpc) is 2.39. The molecule has 1 N–H and O–H groups in total. The maximum atomic E-state index is 13.0. The largest absolute Gasteiger partial charge is 0.384 e. The van der Waals surface area contributed by atoms with Gasteiger partial charge in [0.1, 0.15) is 11.9 Å². The molecule has 2 rings (SSSR count). The van der Waals surface area contributed by atoms with Crippen LogP contribution in [0.2, 0.25) is 0 Å². The summed E-state index contributed by atoms with van der Waals surface area (Å²) in [5.41, 5.74) is 1.65. The van der Waals surface area contributed by atoms with E-state index < -0.39 is 11.9 Å². The number of aliphatic hydroxyl groups is 1. The van der Waals surface area contributed by atoms with Gasteiger partial charge in [0.05, 0.1) is 0 Å². The quantitative estimate of drug-likeness (QED) is 0.781. The Bertz CT molecular complexity index is 555. The molecule has 0 aliphatic heterocycles. The molecule has 0 spiro atoms. The van der Waals surface area contributed by atoms with E-state index in [1.165, 1.54) is 18.2 Å². The Labute approximate surface area is 99.5 Å². The van der Waals surface area contributed by atoms with Crippen molar-refractivity contribution in [2.75, 3.05) is 0 Å². The highest BCUT2D eigenvalue weighted by Crippen LogP contribution is 2.24. The molecule has 0 bridgehead atoms. The van der Waals surface area contributed by atoms with Gasteiger partial charge < -0.3 is 5.11 Å². The van der Waals surface area contributed by atoms with E-state index >= 15 is 0 Å². The molecule has 0 saturated heterocycles. The first-order valence-electron chi connectivity index (χ1n) is 5.21. The molecular formula is C15H11FO. The zero-order chi connectivity index (χ0) is 12.3. The van der Waals surface area contributed by atoms with Crippen molar-refractivity contribution in [1.82, 2.24) is 0 Å². The first kappa shape index (κ1) is 11.4. The Kier molecular flexibility index (Phi) is 3.22. The molecule has 0 fully saturated rings. The van der Waals surface area contributed by atoms with Crippen LogP contribution < -0.4 is 0 Å². The van der Waals surface area contributed by atoms with Gasteiger partial charge in [-0.05, 0) is 17.7 Å². The molecule has 0 aliphatic rings. The molecule has 0 aliphatic carbocycles. The first-order valence-corrected chi connectivity index (χ1v) is 5.21. The molecule has 1 unspecified atom stereocenters. The van der Waals surface area contributed by atoms with Crippen LogP contribution in [0, 0.1) is 18.2 Å². The normalized spacial score (nSPS) is 11.8. The fourth-order valence-corrected chi connectivity index (χ4v) is 1.71. The molecule has 2 aromatic carbocycles. The Morgan fingerprint density at radius 1 is 1.12 bits per heavy atom. The topological polar surface area (TPSA) is 20.2 Å². The number of rotatable bonds is 2. The van der Waals surface area contributed by atoms with Gasteiger partial charge in [-0.25, -0.2) is 4.39 Å². The third-order valence-corrected chi connectivity index (χ3v) is 2.58. The highest BCUT2D eigenvalue weighted by atomic mass is 19.1. The average molecular weight is 226 g/mol. The smallest absolute Gasteiger partial charge is 0.124 e. The maximum absolute atomic E-state index is 13.0. The van der Waals surface area contributed by atoms with Crippen LogP contribution in [0.4, 0.5) is 4.39 Å². The molecule has 0 saturated carbocycles. The highest BCUT2D eigenvalue weighted by Gasteiger charge is 2.13. The fourth-order valence-electron chi connectivity index (χ4n) is 1.71. The second-order valence-corrected chi connectivity index (χ2v) is 3.69. The summed E-state index contributed by atoms with van der Waals surface area (Å²) in [6, 6.07) is 13.2. The van der Waals surface area contributed by atoms with Crippen LogP contribution in [-0.4, -0.2) is 5.11 Å². The van der Waals surface area contributed by atoms with E-state index in [-0.39, 0.29) is 0 Å². The summed E-state index contributed by atoms with van der Waals surface area (Å²) in [7, 11) is 0. The molecule has 17 heavy (non-hydrogen) atoms. The minimum atomic E-state index is -0.831. The van der Waals surface area contributed by atoms with E-state index in [1.54, 1.807) is 12.1 Å². The van der Waals surface area contributed by atoms with Crippen molar-refractivity contribution < 1.29 is 9.50 Å². The summed E-state index contributed by atoms with van der Waals surface area (Å²) < 4.78 is 13.0. The van der Waals surface area contributed by atoms with Gasteiger partial charge in [-0.1, -0.05) is 42.3 Å². The predicted molar refractivity (Wildman–Crippen MR) is 64.8 cm³/mol. The SMILES string of the molecule is C#Cc1cc(F)ccc1C(O)c1ccccc1. The molecule has 2 aromatic rings. The van der Waals surface area contributed by atoms with E-state index in [0.717, 1.165) is 5.56 Å². The van der Waals surface area contributed by atoms with Crippen LogP contribution in [0.3, 0.4) is 0 Å². The lowest BCUT2D eigenvalue weighted by atomic mass is 9.97. The molecule has 0 amide bonds. The van der Waals surface area contributed by atoms with Gasteiger partial charge >= 0.3 is 0 Å². The number of benzene rings is 2. The number of hydrogen-bond donors (Lipinski definition) is 1. The van der Waals surface area contributed by atoms with Crippen LogP contribution >= 0.6 is 0 Å². The lowest BCUT2D eigenvalue weighted by Crippen LogP contribution is -2.02. The van der Waals surface area contributed by atoms with Gasteiger partial charge in [0.2, 0.25) is 0 Å². The van der Waals surface area contributed by atoms with Crippen molar-refractivity contribution in [3.05, 3.63) is 71.0 Å². The lowest BCUT2D eigenvalue weighted by molar-refractivity contribution is 0.220. The van der Waals surface area contributed by atoms with Crippen molar-refractivity contribution in [3.63, 3.8) is 0 Å². The summed E-state index contributed by atoms with van der Waals surface area (Å²) >= 11 is 0. The summed E-state index contributed by atoms with van der Waals surface area (Å²) in [4.78, 5) is 0. The molecule has 1 atom stereocenters. The van der Waals surface area contributed by atoms with Gasteiger partial charge in [-0.3, -0.25) is 0 Å². The second-order valence-electron chi connectivity index (χ2n) is 3.69. The Hall–Kier alpha value is -2.11. The molecule has 0 aromatic heterocycles. The molecule has 84 valence electrons. The minimum absolute atomic E-state index is 0.376. The zero-order valence-corrected chi connectivity index (χ0v) is 9.10. The molecule has 1 nitrogen and oxygen atoms in total. The van der Waals surface area contributed by atoms with E-state index in [4.69, 9.17) is 6.42 Å². The fraction of sp³-hybridized carbons (Fsp3) is 0.0667. The van der Waals surface area contributed by atoms with Crippen molar-refractivity contribution in [2.45, 2.75) is 6.10 Å². The Balaban J connectivity index is 2.45. The monoisotopic (exact) mass is 226 g/mol. The summed E-state index contributed by atoms with van der Waals surface area (Å²) in [5.74, 6) is 1.99. The van der Waals surface area contributed by atoms with Gasteiger partial charge in [0.25, 0.3) is 0 Å². The van der Waals surface area contributed by atoms with Crippen LogP contribution in [0.5, 0.6) is 0 Å². The van der Waals surface area contributed by atoms with Crippen LogP contribution in [0.25, 0.3) is 0 Å². The minimum Gasteiger partial charge on any atom is -0.384 e. The highest BCUT2D eigenvalue weighted by molar-refractivity contribution is 5.44. The van der Waals surface area contributed by atoms with Crippen LogP contribution in [-0.2, 0) is 0 Å². The number of hydrogen-bond acceptors (Lipinski definition) is 1. The van der Waals surface area contributed by atoms with Crippen LogP contribution in [0.15, 0.2) is 48.5 Å². The van der Waals surface area contributed by atoms with Crippen LogP contribution in [0.1, 0.15) is 22.8 Å². The summed E-state index contributed by atoms with van der Waals surface area (Å²) in [5, 5.41) is 10.2. The van der Waals surface area contributed by atoms with E-state index in [9.17, 15) is 9.50 Å². The Morgan fingerprint density at radius 2 is 1.82 bits per heavy atom. The number of halogens is 1. The van der Waals surface area contributed by atoms with E-state index in [1.807, 2.05) is 18.2 Å². The molecular weight excluding hydrogens is 215 g/mol.